The minimum Gasteiger partial charge on any atom is -0.494 e. The molecule has 6 nitrogen and oxygen atoms in total. The highest BCUT2D eigenvalue weighted by Gasteiger charge is 2.11. The Kier molecular flexibility index (Phi) is 7.65. The number of nitriles is 1. The summed E-state index contributed by atoms with van der Waals surface area (Å²) in [4.78, 5) is 23.6. The van der Waals surface area contributed by atoms with Crippen LogP contribution >= 0.6 is 11.6 Å². The van der Waals surface area contributed by atoms with Crippen molar-refractivity contribution in [1.82, 2.24) is 0 Å². The monoisotopic (exact) mass is 386 g/mol. The highest BCUT2D eigenvalue weighted by atomic mass is 35.5. The molecule has 7 heteroatoms. The number of rotatable bonds is 8. The molecule has 2 aromatic rings. The molecule has 0 fully saturated rings. The molecule has 0 aromatic heterocycles. The van der Waals surface area contributed by atoms with E-state index in [-0.39, 0.29) is 17.7 Å². The Hall–Kier alpha value is -3.04. The summed E-state index contributed by atoms with van der Waals surface area (Å²) < 4.78 is 10.5. The van der Waals surface area contributed by atoms with Crippen LogP contribution in [-0.4, -0.2) is 25.1 Å². The van der Waals surface area contributed by atoms with E-state index in [2.05, 4.69) is 5.32 Å². The van der Waals surface area contributed by atoms with Crippen LogP contribution in [0.5, 0.6) is 5.75 Å². The maximum atomic E-state index is 11.9. The number of aryl methyl sites for hydroxylation is 1. The number of anilines is 1. The molecule has 2 rings (SSSR count). The summed E-state index contributed by atoms with van der Waals surface area (Å²) in [5.74, 6) is -0.291. The molecule has 1 N–H and O–H groups in total. The average molecular weight is 387 g/mol. The molecule has 0 bridgehead atoms. The maximum Gasteiger partial charge on any atom is 0.306 e. The summed E-state index contributed by atoms with van der Waals surface area (Å²) in [6.45, 7) is 1.91. The van der Waals surface area contributed by atoms with Crippen molar-refractivity contribution < 1.29 is 19.1 Å². The molecule has 140 valence electrons. The van der Waals surface area contributed by atoms with Gasteiger partial charge < -0.3 is 14.8 Å². The Morgan fingerprint density at radius 1 is 1.22 bits per heavy atom. The van der Waals surface area contributed by atoms with Crippen LogP contribution in [0.25, 0.3) is 0 Å². The van der Waals surface area contributed by atoms with Gasteiger partial charge in [0.15, 0.2) is 6.61 Å². The normalized spacial score (nSPS) is 9.96. The third-order valence-electron chi connectivity index (χ3n) is 3.52. The van der Waals surface area contributed by atoms with Gasteiger partial charge in [-0.3, -0.25) is 9.59 Å². The van der Waals surface area contributed by atoms with Crippen molar-refractivity contribution in [2.75, 3.05) is 18.5 Å². The predicted molar refractivity (Wildman–Crippen MR) is 102 cm³/mol. The first-order chi connectivity index (χ1) is 13.0. The molecule has 0 atom stereocenters. The molecule has 0 heterocycles. The van der Waals surface area contributed by atoms with E-state index in [9.17, 15) is 9.59 Å². The van der Waals surface area contributed by atoms with E-state index >= 15 is 0 Å². The molecule has 0 saturated carbocycles. The van der Waals surface area contributed by atoms with Crippen LogP contribution in [-0.2, 0) is 14.3 Å². The van der Waals surface area contributed by atoms with Crippen molar-refractivity contribution in [2.45, 2.75) is 19.8 Å². The van der Waals surface area contributed by atoms with Gasteiger partial charge in [-0.05, 0) is 49.2 Å². The molecule has 2 aromatic carbocycles. The molecule has 0 saturated heterocycles. The van der Waals surface area contributed by atoms with Gasteiger partial charge in [-0.1, -0.05) is 23.7 Å². The van der Waals surface area contributed by atoms with Crippen molar-refractivity contribution >= 4 is 29.2 Å². The molecule has 1 amide bonds. The van der Waals surface area contributed by atoms with Crippen LogP contribution in [0.15, 0.2) is 42.5 Å². The van der Waals surface area contributed by atoms with Gasteiger partial charge in [0.1, 0.15) is 11.8 Å². The molecule has 0 radical (unpaired) electrons. The third-order valence-corrected chi connectivity index (χ3v) is 3.76. The Bertz CT molecular complexity index is 861. The summed E-state index contributed by atoms with van der Waals surface area (Å²) in [6, 6.07) is 14.1. The fourth-order valence-electron chi connectivity index (χ4n) is 2.23. The number of amides is 1. The van der Waals surface area contributed by atoms with Gasteiger partial charge in [-0.2, -0.15) is 5.26 Å². The largest absolute Gasteiger partial charge is 0.494 e. The predicted octanol–water partition coefficient (Wildman–Crippen LogP) is 3.86. The number of benzene rings is 2. The van der Waals surface area contributed by atoms with Crippen molar-refractivity contribution in [3.8, 4) is 11.8 Å². The third kappa shape index (κ3) is 7.00. The van der Waals surface area contributed by atoms with E-state index in [0.717, 1.165) is 11.3 Å². The molecule has 0 unspecified atom stereocenters. The number of hydrogen-bond donors (Lipinski definition) is 1. The van der Waals surface area contributed by atoms with Crippen molar-refractivity contribution in [3.63, 3.8) is 0 Å². The summed E-state index contributed by atoms with van der Waals surface area (Å²) in [5, 5.41) is 11.9. The first kappa shape index (κ1) is 20.3. The number of nitrogens with zero attached hydrogens (tertiary/aromatic N) is 1. The molecule has 0 aliphatic carbocycles. The number of hydrogen-bond acceptors (Lipinski definition) is 5. The summed E-state index contributed by atoms with van der Waals surface area (Å²) in [6.07, 6.45) is 0.612. The molecule has 0 aliphatic heterocycles. The number of halogens is 1. The van der Waals surface area contributed by atoms with E-state index in [4.69, 9.17) is 26.3 Å². The summed E-state index contributed by atoms with van der Waals surface area (Å²) in [5.41, 5.74) is 1.64. The number of nitrogens with one attached hydrogen (secondary N) is 1. The number of esters is 1. The standard InChI is InChI=1S/C20H19ClN2O4/c1-14-4-2-5-17(10-14)26-9-3-6-20(25)27-13-19(24)23-18-11-16(21)8-7-15(18)12-22/h2,4-5,7-8,10-11H,3,6,9,13H2,1H3,(H,23,24). The Balaban J connectivity index is 1.68. The molecular formula is C20H19ClN2O4. The van der Waals surface area contributed by atoms with Gasteiger partial charge >= 0.3 is 5.97 Å². The van der Waals surface area contributed by atoms with Gasteiger partial charge in [0.2, 0.25) is 0 Å². The first-order valence-corrected chi connectivity index (χ1v) is 8.70. The van der Waals surface area contributed by atoms with E-state index in [0.29, 0.717) is 18.1 Å². The Morgan fingerprint density at radius 3 is 2.78 bits per heavy atom. The lowest BCUT2D eigenvalue weighted by molar-refractivity contribution is -0.147. The lowest BCUT2D eigenvalue weighted by Gasteiger charge is -2.09. The molecule has 27 heavy (non-hydrogen) atoms. The van der Waals surface area contributed by atoms with E-state index in [1.807, 2.05) is 37.3 Å². The lowest BCUT2D eigenvalue weighted by atomic mass is 10.2. The smallest absolute Gasteiger partial charge is 0.306 e. The van der Waals surface area contributed by atoms with Crippen molar-refractivity contribution in [1.29, 1.82) is 5.26 Å². The molecule has 0 aliphatic rings. The van der Waals surface area contributed by atoms with Crippen molar-refractivity contribution in [2.24, 2.45) is 0 Å². The SMILES string of the molecule is Cc1cccc(OCCCC(=O)OCC(=O)Nc2cc(Cl)ccc2C#N)c1. The molecule has 0 spiro atoms. The highest BCUT2D eigenvalue weighted by molar-refractivity contribution is 6.31. The van der Waals surface area contributed by atoms with Gasteiger partial charge in [-0.25, -0.2) is 0 Å². The van der Waals surface area contributed by atoms with Gasteiger partial charge in [0, 0.05) is 11.4 Å². The zero-order valence-corrected chi connectivity index (χ0v) is 15.6. The first-order valence-electron chi connectivity index (χ1n) is 8.32. The van der Waals surface area contributed by atoms with Gasteiger partial charge in [0.05, 0.1) is 17.9 Å². The lowest BCUT2D eigenvalue weighted by Crippen LogP contribution is -2.21. The quantitative estimate of drug-likeness (QED) is 0.549. The minimum atomic E-state index is -0.543. The van der Waals surface area contributed by atoms with Gasteiger partial charge in [0.25, 0.3) is 5.91 Å². The summed E-state index contributed by atoms with van der Waals surface area (Å²) >= 11 is 5.85. The fraction of sp³-hybridized carbons (Fsp3) is 0.250. The Labute approximate surface area is 162 Å². The number of carbonyl (C=O) groups is 2. The second-order valence-electron chi connectivity index (χ2n) is 5.78. The van der Waals surface area contributed by atoms with Crippen molar-refractivity contribution in [3.05, 3.63) is 58.6 Å². The zero-order valence-electron chi connectivity index (χ0n) is 14.8. The average Bonchev–Trinajstić information content (AvgIpc) is 2.64. The van der Waals surface area contributed by atoms with Crippen LogP contribution in [0, 0.1) is 18.3 Å². The van der Waals surface area contributed by atoms with E-state index in [1.165, 1.54) is 12.1 Å². The number of carbonyl (C=O) groups excluding carboxylic acids is 2. The van der Waals surface area contributed by atoms with Crippen LogP contribution in [0.3, 0.4) is 0 Å². The second kappa shape index (κ2) is 10.2. The van der Waals surface area contributed by atoms with Crippen LogP contribution < -0.4 is 10.1 Å². The topological polar surface area (TPSA) is 88.4 Å². The van der Waals surface area contributed by atoms with Crippen LogP contribution in [0.4, 0.5) is 5.69 Å². The van der Waals surface area contributed by atoms with Crippen LogP contribution in [0.1, 0.15) is 24.0 Å². The van der Waals surface area contributed by atoms with Crippen LogP contribution in [0.2, 0.25) is 5.02 Å². The summed E-state index contributed by atoms with van der Waals surface area (Å²) in [7, 11) is 0. The molecular weight excluding hydrogens is 368 g/mol. The highest BCUT2D eigenvalue weighted by Crippen LogP contribution is 2.20. The fourth-order valence-corrected chi connectivity index (χ4v) is 2.41. The maximum absolute atomic E-state index is 11.9. The van der Waals surface area contributed by atoms with E-state index < -0.39 is 18.5 Å². The van der Waals surface area contributed by atoms with Gasteiger partial charge in [-0.15, -0.1) is 0 Å². The zero-order chi connectivity index (χ0) is 19.6. The number of ether oxygens (including phenoxy) is 2. The Morgan fingerprint density at radius 2 is 2.04 bits per heavy atom. The van der Waals surface area contributed by atoms with E-state index in [1.54, 1.807) is 6.07 Å². The minimum absolute atomic E-state index is 0.139. The second-order valence-corrected chi connectivity index (χ2v) is 6.22.